The fraction of sp³-hybridized carbons (Fsp3) is 1.00. The predicted octanol–water partition coefficient (Wildman–Crippen LogP) is -0.115. The fourth-order valence-corrected chi connectivity index (χ4v) is 1.25. The molecule has 0 heterocycles. The van der Waals surface area contributed by atoms with Gasteiger partial charge in [-0.3, -0.25) is 0 Å². The highest BCUT2D eigenvalue weighted by molar-refractivity contribution is 4.86. The van der Waals surface area contributed by atoms with Crippen molar-refractivity contribution < 1.29 is 20.1 Å². The van der Waals surface area contributed by atoms with Crippen LogP contribution in [-0.2, 0) is 4.74 Å². The maximum atomic E-state index is 9.71. The summed E-state index contributed by atoms with van der Waals surface area (Å²) in [5.41, 5.74) is -1.00. The van der Waals surface area contributed by atoms with E-state index in [0.29, 0.717) is 6.42 Å². The van der Waals surface area contributed by atoms with Crippen molar-refractivity contribution in [2.45, 2.75) is 51.4 Å². The molecule has 1 atom stereocenters. The molecule has 0 bridgehead atoms. The number of hydrogen-bond donors (Lipinski definition) is 4. The van der Waals surface area contributed by atoms with Crippen molar-refractivity contribution in [1.82, 2.24) is 5.32 Å². The van der Waals surface area contributed by atoms with Gasteiger partial charge < -0.3 is 25.4 Å². The van der Waals surface area contributed by atoms with E-state index in [-0.39, 0.29) is 32.0 Å². The molecule has 0 aliphatic carbocycles. The van der Waals surface area contributed by atoms with Crippen molar-refractivity contribution in [3.05, 3.63) is 0 Å². The number of nitrogens with one attached hydrogen (secondary N) is 1. The van der Waals surface area contributed by atoms with Crippen molar-refractivity contribution in [2.24, 2.45) is 0 Å². The van der Waals surface area contributed by atoms with E-state index in [1.165, 1.54) is 0 Å². The summed E-state index contributed by atoms with van der Waals surface area (Å²) < 4.78 is 5.44. The van der Waals surface area contributed by atoms with Gasteiger partial charge in [-0.2, -0.15) is 0 Å². The third kappa shape index (κ3) is 6.95. The zero-order valence-corrected chi connectivity index (χ0v) is 11.4. The minimum atomic E-state index is -0.720. The van der Waals surface area contributed by atoms with Gasteiger partial charge in [-0.1, -0.05) is 6.92 Å². The van der Waals surface area contributed by atoms with Crippen LogP contribution in [0.4, 0.5) is 0 Å². The Bertz CT molecular complexity index is 191. The zero-order valence-electron chi connectivity index (χ0n) is 11.4. The van der Waals surface area contributed by atoms with E-state index in [0.717, 1.165) is 0 Å². The third-order valence-corrected chi connectivity index (χ3v) is 2.70. The fourth-order valence-electron chi connectivity index (χ4n) is 1.25. The van der Waals surface area contributed by atoms with E-state index in [9.17, 15) is 15.3 Å². The lowest BCUT2D eigenvalue weighted by Crippen LogP contribution is -2.54. The Kier molecular flexibility index (Phi) is 7.20. The van der Waals surface area contributed by atoms with Crippen molar-refractivity contribution in [3.63, 3.8) is 0 Å². The Labute approximate surface area is 104 Å². The number of aliphatic hydroxyl groups is 3. The van der Waals surface area contributed by atoms with Gasteiger partial charge in [0, 0.05) is 6.54 Å². The first kappa shape index (κ1) is 16.8. The Hall–Kier alpha value is -0.200. The van der Waals surface area contributed by atoms with Gasteiger partial charge in [0.15, 0.2) is 0 Å². The van der Waals surface area contributed by atoms with Gasteiger partial charge in [0.2, 0.25) is 0 Å². The van der Waals surface area contributed by atoms with Crippen LogP contribution >= 0.6 is 0 Å². The molecule has 0 spiro atoms. The lowest BCUT2D eigenvalue weighted by molar-refractivity contribution is -0.0513. The summed E-state index contributed by atoms with van der Waals surface area (Å²) in [6, 6.07) is 0. The van der Waals surface area contributed by atoms with Crippen LogP contribution < -0.4 is 5.32 Å². The van der Waals surface area contributed by atoms with E-state index in [2.05, 4.69) is 5.32 Å². The molecule has 1 unspecified atom stereocenters. The van der Waals surface area contributed by atoms with E-state index in [4.69, 9.17) is 4.74 Å². The molecular formula is C12H27NO4. The molecule has 0 radical (unpaired) electrons. The zero-order chi connectivity index (χ0) is 13.5. The highest BCUT2D eigenvalue weighted by atomic mass is 16.5. The predicted molar refractivity (Wildman–Crippen MR) is 66.9 cm³/mol. The Morgan fingerprint density at radius 2 is 1.71 bits per heavy atom. The first-order valence-corrected chi connectivity index (χ1v) is 6.07. The lowest BCUT2D eigenvalue weighted by atomic mass is 9.98. The summed E-state index contributed by atoms with van der Waals surface area (Å²) in [4.78, 5) is 0. The number of ether oxygens (including phenoxy) is 1. The molecule has 0 rings (SSSR count). The molecule has 0 amide bonds. The first-order chi connectivity index (χ1) is 7.78. The van der Waals surface area contributed by atoms with Crippen LogP contribution in [-0.4, -0.2) is 58.9 Å². The molecule has 0 aliphatic rings. The summed E-state index contributed by atoms with van der Waals surface area (Å²) in [5.74, 6) is 0. The van der Waals surface area contributed by atoms with E-state index in [1.807, 2.05) is 27.7 Å². The summed E-state index contributed by atoms with van der Waals surface area (Å²) in [5, 5.41) is 31.1. The monoisotopic (exact) mass is 249 g/mol. The number of aliphatic hydroxyl groups excluding tert-OH is 3. The highest BCUT2D eigenvalue weighted by Gasteiger charge is 2.26. The average Bonchev–Trinajstić information content (AvgIpc) is 2.28. The van der Waals surface area contributed by atoms with Crippen molar-refractivity contribution >= 4 is 0 Å². The van der Waals surface area contributed by atoms with Crippen molar-refractivity contribution in [1.29, 1.82) is 0 Å². The van der Waals surface area contributed by atoms with Gasteiger partial charge in [-0.15, -0.1) is 0 Å². The number of hydrogen-bond acceptors (Lipinski definition) is 5. The van der Waals surface area contributed by atoms with Crippen LogP contribution in [0.3, 0.4) is 0 Å². The summed E-state index contributed by atoms with van der Waals surface area (Å²) in [6.45, 7) is 7.83. The maximum Gasteiger partial charge on any atom is 0.0898 e. The van der Waals surface area contributed by atoms with Gasteiger partial charge in [0.05, 0.1) is 37.1 Å². The summed E-state index contributed by atoms with van der Waals surface area (Å²) >= 11 is 0. The number of β-amino-alcohol motifs (C(OH)–C–C–N with tert-alkyl or cyclic N) is 1. The van der Waals surface area contributed by atoms with Gasteiger partial charge in [-0.05, 0) is 27.2 Å². The summed E-state index contributed by atoms with van der Waals surface area (Å²) in [6.07, 6.45) is -0.0643. The molecule has 0 saturated carbocycles. The molecule has 0 aliphatic heterocycles. The van der Waals surface area contributed by atoms with Crippen LogP contribution in [0, 0.1) is 0 Å². The lowest BCUT2D eigenvalue weighted by Gasteiger charge is -2.31. The molecule has 5 heteroatoms. The molecule has 0 aromatic rings. The topological polar surface area (TPSA) is 82.0 Å². The van der Waals surface area contributed by atoms with Crippen LogP contribution in [0.2, 0.25) is 0 Å². The normalized spacial score (nSPS) is 15.0. The third-order valence-electron chi connectivity index (χ3n) is 2.70. The molecule has 5 nitrogen and oxygen atoms in total. The van der Waals surface area contributed by atoms with E-state index < -0.39 is 11.6 Å². The van der Waals surface area contributed by atoms with Crippen LogP contribution in [0.25, 0.3) is 0 Å². The Morgan fingerprint density at radius 3 is 2.06 bits per heavy atom. The van der Waals surface area contributed by atoms with Crippen molar-refractivity contribution in [3.8, 4) is 0 Å². The second-order valence-corrected chi connectivity index (χ2v) is 5.41. The maximum absolute atomic E-state index is 9.71. The van der Waals surface area contributed by atoms with Gasteiger partial charge in [-0.25, -0.2) is 0 Å². The van der Waals surface area contributed by atoms with Gasteiger partial charge >= 0.3 is 0 Å². The standard InChI is InChI=1S/C12H27NO4/c1-5-12(8-14,9-15)13-6-10(16)7-17-11(2,3)4/h10,13-16H,5-9H2,1-4H3. The molecule has 104 valence electrons. The SMILES string of the molecule is CCC(CO)(CO)NCC(O)COC(C)(C)C. The Balaban J connectivity index is 4.01. The van der Waals surface area contributed by atoms with Crippen LogP contribution in [0.5, 0.6) is 0 Å². The molecular weight excluding hydrogens is 222 g/mol. The second kappa shape index (κ2) is 7.28. The van der Waals surface area contributed by atoms with Gasteiger partial charge in [0.1, 0.15) is 0 Å². The molecule has 4 N–H and O–H groups in total. The molecule has 0 saturated heterocycles. The van der Waals surface area contributed by atoms with Crippen LogP contribution in [0.1, 0.15) is 34.1 Å². The largest absolute Gasteiger partial charge is 0.394 e. The van der Waals surface area contributed by atoms with E-state index in [1.54, 1.807) is 0 Å². The van der Waals surface area contributed by atoms with E-state index >= 15 is 0 Å². The molecule has 17 heavy (non-hydrogen) atoms. The first-order valence-electron chi connectivity index (χ1n) is 6.07. The Morgan fingerprint density at radius 1 is 1.18 bits per heavy atom. The smallest absolute Gasteiger partial charge is 0.0898 e. The molecule has 0 fully saturated rings. The molecule has 0 aromatic carbocycles. The van der Waals surface area contributed by atoms with Gasteiger partial charge in [0.25, 0.3) is 0 Å². The second-order valence-electron chi connectivity index (χ2n) is 5.41. The number of rotatable bonds is 8. The molecule has 0 aromatic heterocycles. The average molecular weight is 249 g/mol. The quantitative estimate of drug-likeness (QED) is 0.482. The minimum Gasteiger partial charge on any atom is -0.394 e. The van der Waals surface area contributed by atoms with Crippen molar-refractivity contribution in [2.75, 3.05) is 26.4 Å². The van der Waals surface area contributed by atoms with Crippen LogP contribution in [0.15, 0.2) is 0 Å². The highest BCUT2D eigenvalue weighted by Crippen LogP contribution is 2.09. The summed E-state index contributed by atoms with van der Waals surface area (Å²) in [7, 11) is 0. The minimum absolute atomic E-state index is 0.160.